The molecular formula is C58H77NO12. The number of allylic oxidation sites excluding steroid dienone is 4. The van der Waals surface area contributed by atoms with Crippen molar-refractivity contribution >= 4 is 51.1 Å². The highest BCUT2D eigenvalue weighted by atomic mass is 16.7. The molecule has 1 unspecified atom stereocenters. The summed E-state index contributed by atoms with van der Waals surface area (Å²) in [5.41, 5.74) is 2.66. The van der Waals surface area contributed by atoms with Crippen LogP contribution in [-0.4, -0.2) is 126 Å². The number of hydrogen-bond acceptors (Lipinski definition) is 12. The Labute approximate surface area is 419 Å². The number of cyclic esters (lactones) is 1. The van der Waals surface area contributed by atoms with Crippen LogP contribution in [0.1, 0.15) is 111 Å². The highest BCUT2D eigenvalue weighted by Gasteiger charge is 2.56. The first-order valence-corrected chi connectivity index (χ1v) is 25.8. The van der Waals surface area contributed by atoms with Crippen molar-refractivity contribution in [1.82, 2.24) is 4.90 Å². The fourth-order valence-electron chi connectivity index (χ4n) is 11.8. The number of carbonyl (C=O) groups is 4. The molecule has 3 aromatic carbocycles. The molecule has 386 valence electrons. The number of ketones is 2. The van der Waals surface area contributed by atoms with Crippen LogP contribution >= 0.6 is 0 Å². The third-order valence-electron chi connectivity index (χ3n) is 15.9. The van der Waals surface area contributed by atoms with Crippen LogP contribution in [0, 0.1) is 29.6 Å². The lowest BCUT2D eigenvalue weighted by Crippen LogP contribution is -2.64. The van der Waals surface area contributed by atoms with Gasteiger partial charge in [0.2, 0.25) is 5.79 Å². The molecule has 0 spiro atoms. The maximum absolute atomic E-state index is 14.8. The van der Waals surface area contributed by atoms with Crippen molar-refractivity contribution in [3.8, 4) is 0 Å². The Morgan fingerprint density at radius 1 is 0.817 bits per heavy atom. The van der Waals surface area contributed by atoms with Gasteiger partial charge in [0.05, 0.1) is 30.5 Å². The average molecular weight is 980 g/mol. The Balaban J connectivity index is 1.27. The van der Waals surface area contributed by atoms with E-state index in [0.717, 1.165) is 32.7 Å². The van der Waals surface area contributed by atoms with Gasteiger partial charge in [-0.25, -0.2) is 4.79 Å². The van der Waals surface area contributed by atoms with E-state index in [0.29, 0.717) is 56.9 Å². The molecule has 13 heteroatoms. The lowest BCUT2D eigenvalue weighted by Gasteiger charge is -2.47. The molecule has 2 bridgehead atoms. The third kappa shape index (κ3) is 12.3. The van der Waals surface area contributed by atoms with Gasteiger partial charge in [-0.05, 0) is 129 Å². The molecule has 2 saturated heterocycles. The van der Waals surface area contributed by atoms with Crippen LogP contribution < -0.4 is 0 Å². The SMILES string of the molecule is COC1C[C@H](/C=C(\C)[C@H]2OC(=O)[C@@H]3CCCCN3C(=O)C(=O)[C@]3(O)O[C@H]([C@@H](OC)C[C@@H](C)C/C(C)=C/[C@@H](C/C=C/c4c5ccccc5cc5ccccc45)C(=O)C[C@H](O)[C@H]2C)[C@@H](OC)C[C@H]3C)CC[C@H]1O. The molecule has 4 aliphatic rings. The average Bonchev–Trinajstić information content (AvgIpc) is 3.36. The molecule has 3 heterocycles. The van der Waals surface area contributed by atoms with E-state index < -0.39 is 83.9 Å². The molecule has 14 atom stereocenters. The summed E-state index contributed by atoms with van der Waals surface area (Å²) in [6.45, 7) is 9.36. The lowest BCUT2D eigenvalue weighted by molar-refractivity contribution is -0.302. The van der Waals surface area contributed by atoms with Crippen LogP contribution in [0.25, 0.3) is 27.6 Å². The summed E-state index contributed by atoms with van der Waals surface area (Å²) in [6, 6.07) is 17.5. The van der Waals surface area contributed by atoms with Gasteiger partial charge in [-0.1, -0.05) is 99.2 Å². The molecule has 71 heavy (non-hydrogen) atoms. The number of piperidine rings is 1. The Morgan fingerprint density at radius 3 is 2.13 bits per heavy atom. The Hall–Kier alpha value is -4.60. The molecule has 0 aromatic heterocycles. The number of amides is 1. The molecule has 7 rings (SSSR count). The van der Waals surface area contributed by atoms with Gasteiger partial charge in [0.25, 0.3) is 11.7 Å². The summed E-state index contributed by atoms with van der Waals surface area (Å²) in [6.07, 6.45) is 7.08. The number of aliphatic hydroxyl groups excluding tert-OH is 2. The summed E-state index contributed by atoms with van der Waals surface area (Å²) in [4.78, 5) is 59.5. The van der Waals surface area contributed by atoms with E-state index in [4.69, 9.17) is 23.7 Å². The predicted molar refractivity (Wildman–Crippen MR) is 273 cm³/mol. The first-order chi connectivity index (χ1) is 34.0. The fourth-order valence-corrected chi connectivity index (χ4v) is 11.8. The highest BCUT2D eigenvalue weighted by molar-refractivity contribution is 6.39. The maximum atomic E-state index is 14.8. The van der Waals surface area contributed by atoms with Gasteiger partial charge in [0, 0.05) is 52.0 Å². The zero-order chi connectivity index (χ0) is 51.1. The van der Waals surface area contributed by atoms with E-state index in [9.17, 15) is 34.5 Å². The minimum Gasteiger partial charge on any atom is -0.456 e. The molecule has 3 aromatic rings. The number of esters is 1. The van der Waals surface area contributed by atoms with E-state index in [2.05, 4.69) is 43.3 Å². The van der Waals surface area contributed by atoms with Crippen LogP contribution in [0.5, 0.6) is 0 Å². The number of ether oxygens (including phenoxy) is 5. The molecule has 1 amide bonds. The predicted octanol–water partition coefficient (Wildman–Crippen LogP) is 8.47. The third-order valence-corrected chi connectivity index (χ3v) is 15.9. The molecule has 3 aliphatic heterocycles. The number of Topliss-reactive ketones (excluding diaryl/α,β-unsaturated/α-hetero) is 2. The van der Waals surface area contributed by atoms with Gasteiger partial charge in [-0.15, -0.1) is 0 Å². The first kappa shape index (κ1) is 54.2. The van der Waals surface area contributed by atoms with Crippen molar-refractivity contribution < 1.29 is 58.2 Å². The highest BCUT2D eigenvalue weighted by Crippen LogP contribution is 2.40. The van der Waals surface area contributed by atoms with Crippen LogP contribution in [0.15, 0.2) is 84.0 Å². The van der Waals surface area contributed by atoms with Gasteiger partial charge in [-0.3, -0.25) is 14.4 Å². The maximum Gasteiger partial charge on any atom is 0.329 e. The zero-order valence-corrected chi connectivity index (χ0v) is 43.0. The lowest BCUT2D eigenvalue weighted by atomic mass is 9.81. The smallest absolute Gasteiger partial charge is 0.329 e. The second kappa shape index (κ2) is 24.0. The van der Waals surface area contributed by atoms with E-state index >= 15 is 0 Å². The van der Waals surface area contributed by atoms with Crippen molar-refractivity contribution in [2.75, 3.05) is 27.9 Å². The minimum atomic E-state index is -2.54. The molecule has 0 radical (unpaired) electrons. The quantitative estimate of drug-likeness (QED) is 0.0851. The second-order valence-corrected chi connectivity index (χ2v) is 21.1. The second-order valence-electron chi connectivity index (χ2n) is 21.1. The van der Waals surface area contributed by atoms with Crippen molar-refractivity contribution in [3.05, 3.63) is 89.5 Å². The van der Waals surface area contributed by atoms with E-state index in [1.54, 1.807) is 21.0 Å². The molecule has 3 N–H and O–H groups in total. The number of aliphatic hydroxyl groups is 3. The number of methoxy groups -OCH3 is 3. The van der Waals surface area contributed by atoms with Crippen molar-refractivity contribution in [3.63, 3.8) is 0 Å². The number of nitrogens with zero attached hydrogens (tertiary/aromatic N) is 1. The van der Waals surface area contributed by atoms with Crippen molar-refractivity contribution in [1.29, 1.82) is 0 Å². The normalized spacial score (nSPS) is 35.5. The number of hydrogen-bond donors (Lipinski definition) is 3. The molecule has 1 aliphatic carbocycles. The Kier molecular flexibility index (Phi) is 18.3. The Bertz CT molecular complexity index is 2410. The number of rotatable bonds is 8. The van der Waals surface area contributed by atoms with Crippen LogP contribution in [0.2, 0.25) is 0 Å². The first-order valence-electron chi connectivity index (χ1n) is 25.8. The standard InChI is InChI=1S/C58H77NO12/c1-34-26-35(2)28-51(68-7)54-52(69-8)30-37(4)58(66,71-54)55(63)56(64)59-25-14-13-22-46(59)57(65)70-53(36(3)29-39-23-24-47(60)50(31-39)67-6)38(5)48(61)33-49(62)42(27-34)18-15-21-45-43-19-11-9-16-40(43)32-41-17-10-12-20-44(41)45/h9-12,15-17,19-21,27,29,32,35,37-39,42,46-48,50-54,60-61,66H,13-14,18,22-26,28,30-31,33H2,1-8H3/b21-15+,34-27+,36-29+/t35-,37+,38+,39-,42+,46-,47+,48-,50?,51-,52-,53+,54+,58+/m0/s1. The summed E-state index contributed by atoms with van der Waals surface area (Å²) in [5, 5.41) is 39.4. The fraction of sp³-hybridized carbons (Fsp3) is 0.586. The van der Waals surface area contributed by atoms with Crippen molar-refractivity contribution in [2.45, 2.75) is 160 Å². The van der Waals surface area contributed by atoms with Crippen molar-refractivity contribution in [2.24, 2.45) is 29.6 Å². The molecule has 13 nitrogen and oxygen atoms in total. The summed E-state index contributed by atoms with van der Waals surface area (Å²) in [5.74, 6) is -8.01. The summed E-state index contributed by atoms with van der Waals surface area (Å²) >= 11 is 0. The van der Waals surface area contributed by atoms with E-state index in [-0.39, 0.29) is 49.5 Å². The van der Waals surface area contributed by atoms with E-state index in [1.165, 1.54) is 19.1 Å². The van der Waals surface area contributed by atoms with Crippen LogP contribution in [-0.2, 0) is 42.9 Å². The van der Waals surface area contributed by atoms with Crippen LogP contribution in [0.3, 0.4) is 0 Å². The van der Waals surface area contributed by atoms with E-state index in [1.807, 2.05) is 56.3 Å². The van der Waals surface area contributed by atoms with Crippen LogP contribution in [0.4, 0.5) is 0 Å². The summed E-state index contributed by atoms with van der Waals surface area (Å²) in [7, 11) is 4.65. The Morgan fingerprint density at radius 2 is 1.46 bits per heavy atom. The molecule has 1 saturated carbocycles. The monoisotopic (exact) mass is 980 g/mol. The van der Waals surface area contributed by atoms with Gasteiger partial charge in [0.15, 0.2) is 0 Å². The number of fused-ring (bicyclic) bond motifs is 5. The topological polar surface area (TPSA) is 178 Å². The van der Waals surface area contributed by atoms with Gasteiger partial charge >= 0.3 is 5.97 Å². The minimum absolute atomic E-state index is 0.0328. The van der Waals surface area contributed by atoms with Gasteiger partial charge in [-0.2, -0.15) is 0 Å². The summed E-state index contributed by atoms with van der Waals surface area (Å²) < 4.78 is 30.3. The molecule has 3 fully saturated rings. The van der Waals surface area contributed by atoms with Gasteiger partial charge in [0.1, 0.15) is 24.0 Å². The zero-order valence-electron chi connectivity index (χ0n) is 43.0. The number of benzene rings is 3. The largest absolute Gasteiger partial charge is 0.456 e. The number of carbonyl (C=O) groups excluding carboxylic acids is 4. The van der Waals surface area contributed by atoms with Gasteiger partial charge < -0.3 is 43.9 Å². The molecular weight excluding hydrogens is 903 g/mol.